The summed E-state index contributed by atoms with van der Waals surface area (Å²) in [4.78, 5) is 11.8. The summed E-state index contributed by atoms with van der Waals surface area (Å²) in [6.45, 7) is 0.140. The van der Waals surface area contributed by atoms with E-state index in [1.54, 1.807) is 18.2 Å². The highest BCUT2D eigenvalue weighted by Crippen LogP contribution is 2.42. The number of para-hydroxylation sites is 1. The molecule has 0 spiro atoms. The topological polar surface area (TPSA) is 64.3 Å². The van der Waals surface area contributed by atoms with Gasteiger partial charge in [0.05, 0.1) is 12.3 Å². The number of carbonyl (C=O) groups is 1. The van der Waals surface area contributed by atoms with Gasteiger partial charge in [0, 0.05) is 7.11 Å². The molecular formula is C13H17FN2O2. The van der Waals surface area contributed by atoms with Crippen molar-refractivity contribution in [2.45, 2.75) is 18.4 Å². The van der Waals surface area contributed by atoms with Crippen molar-refractivity contribution in [1.29, 1.82) is 0 Å². The second-order valence-corrected chi connectivity index (χ2v) is 4.65. The molecule has 1 amide bonds. The van der Waals surface area contributed by atoms with Crippen molar-refractivity contribution in [2.75, 3.05) is 19.0 Å². The molecule has 0 saturated heterocycles. The molecule has 4 nitrogen and oxygen atoms in total. The molecule has 0 heterocycles. The van der Waals surface area contributed by atoms with Crippen LogP contribution in [0.2, 0.25) is 0 Å². The van der Waals surface area contributed by atoms with Crippen LogP contribution in [0.5, 0.6) is 0 Å². The van der Waals surface area contributed by atoms with Crippen molar-refractivity contribution < 1.29 is 13.9 Å². The van der Waals surface area contributed by atoms with Gasteiger partial charge in [0.2, 0.25) is 5.91 Å². The van der Waals surface area contributed by atoms with Crippen molar-refractivity contribution in [3.05, 3.63) is 30.1 Å². The summed E-state index contributed by atoms with van der Waals surface area (Å²) in [5.41, 5.74) is 4.75. The van der Waals surface area contributed by atoms with E-state index in [1.807, 2.05) is 0 Å². The lowest BCUT2D eigenvalue weighted by Crippen LogP contribution is -2.56. The molecule has 1 aliphatic rings. The molecule has 0 aliphatic heterocycles. The first-order valence-electron chi connectivity index (χ1n) is 5.91. The minimum atomic E-state index is -1.02. The van der Waals surface area contributed by atoms with Crippen LogP contribution in [0.1, 0.15) is 12.8 Å². The monoisotopic (exact) mass is 252 g/mol. The van der Waals surface area contributed by atoms with Crippen LogP contribution in [0.3, 0.4) is 0 Å². The first-order valence-corrected chi connectivity index (χ1v) is 5.91. The predicted molar refractivity (Wildman–Crippen MR) is 66.5 cm³/mol. The highest BCUT2D eigenvalue weighted by molar-refractivity contribution is 5.89. The molecule has 5 heteroatoms. The van der Waals surface area contributed by atoms with Crippen LogP contribution in [0.15, 0.2) is 24.3 Å². The van der Waals surface area contributed by atoms with Crippen molar-refractivity contribution in [3.8, 4) is 0 Å². The molecule has 1 saturated carbocycles. The van der Waals surface area contributed by atoms with Gasteiger partial charge in [0.25, 0.3) is 0 Å². The Labute approximate surface area is 105 Å². The maximum atomic E-state index is 13.7. The van der Waals surface area contributed by atoms with Gasteiger partial charge in [0.15, 0.2) is 0 Å². The second kappa shape index (κ2) is 4.94. The molecule has 1 aromatic rings. The lowest BCUT2D eigenvalue weighted by Gasteiger charge is -2.32. The third-order valence-corrected chi connectivity index (χ3v) is 3.32. The van der Waals surface area contributed by atoms with Crippen molar-refractivity contribution in [3.63, 3.8) is 0 Å². The predicted octanol–water partition coefficient (Wildman–Crippen LogP) is 1.52. The van der Waals surface area contributed by atoms with E-state index in [1.165, 1.54) is 13.2 Å². The van der Waals surface area contributed by atoms with Crippen LogP contribution >= 0.6 is 0 Å². The Morgan fingerprint density at radius 2 is 2.22 bits per heavy atom. The Bertz CT molecular complexity index is 448. The van der Waals surface area contributed by atoms with Gasteiger partial charge < -0.3 is 15.8 Å². The van der Waals surface area contributed by atoms with E-state index in [-0.39, 0.29) is 18.2 Å². The fourth-order valence-electron chi connectivity index (χ4n) is 2.20. The van der Waals surface area contributed by atoms with Gasteiger partial charge in [-0.3, -0.25) is 4.79 Å². The summed E-state index contributed by atoms with van der Waals surface area (Å²) < 4.78 is 18.7. The lowest BCUT2D eigenvalue weighted by molar-refractivity contribution is -0.124. The van der Waals surface area contributed by atoms with Crippen LogP contribution in [0, 0.1) is 11.7 Å². The number of nitrogens with two attached hydrogens (primary N) is 1. The van der Waals surface area contributed by atoms with E-state index in [2.05, 4.69) is 5.32 Å². The minimum absolute atomic E-state index is 0.106. The maximum absolute atomic E-state index is 13.7. The smallest absolute Gasteiger partial charge is 0.245 e. The van der Waals surface area contributed by atoms with Gasteiger partial charge in [-0.05, 0) is 30.9 Å². The molecule has 0 radical (unpaired) electrons. The molecular weight excluding hydrogens is 235 g/mol. The Balaban J connectivity index is 2.30. The molecule has 1 atom stereocenters. The third kappa shape index (κ3) is 2.31. The fourth-order valence-corrected chi connectivity index (χ4v) is 2.20. The first kappa shape index (κ1) is 12.8. The number of nitrogens with one attached hydrogen (secondary N) is 1. The summed E-state index contributed by atoms with van der Waals surface area (Å²) in [6.07, 6.45) is 1.79. The molecule has 98 valence electrons. The number of hydrogen-bond donors (Lipinski definition) is 2. The highest BCUT2D eigenvalue weighted by Gasteiger charge is 2.50. The molecule has 1 unspecified atom stereocenters. The van der Waals surface area contributed by atoms with Gasteiger partial charge in [-0.2, -0.15) is 0 Å². The van der Waals surface area contributed by atoms with Crippen LogP contribution < -0.4 is 11.1 Å². The van der Waals surface area contributed by atoms with E-state index in [4.69, 9.17) is 10.5 Å². The summed E-state index contributed by atoms with van der Waals surface area (Å²) in [5, 5.41) is 2.95. The molecule has 1 aromatic carbocycles. The zero-order chi connectivity index (χ0) is 13.2. The molecule has 0 aromatic heterocycles. The summed E-state index contributed by atoms with van der Waals surface area (Å²) in [5.74, 6) is -0.801. The number of hydrogen-bond acceptors (Lipinski definition) is 3. The third-order valence-electron chi connectivity index (χ3n) is 3.32. The van der Waals surface area contributed by atoms with Gasteiger partial charge in [0.1, 0.15) is 11.4 Å². The minimum Gasteiger partial charge on any atom is -0.382 e. The zero-order valence-electron chi connectivity index (χ0n) is 10.3. The van der Waals surface area contributed by atoms with Crippen molar-refractivity contribution in [1.82, 2.24) is 0 Å². The molecule has 1 fully saturated rings. The average Bonchev–Trinajstić information content (AvgIpc) is 3.15. The average molecular weight is 252 g/mol. The molecule has 18 heavy (non-hydrogen) atoms. The number of halogens is 1. The fraction of sp³-hybridized carbons (Fsp3) is 0.462. The SMILES string of the molecule is COCC(Nc1ccccc1F)(C(N)=O)C1CC1. The summed E-state index contributed by atoms with van der Waals surface area (Å²) in [6, 6.07) is 6.23. The lowest BCUT2D eigenvalue weighted by atomic mass is 9.92. The Morgan fingerprint density at radius 1 is 1.56 bits per heavy atom. The Hall–Kier alpha value is -1.62. The highest BCUT2D eigenvalue weighted by atomic mass is 19.1. The Kier molecular flexibility index (Phi) is 3.52. The number of carbonyl (C=O) groups excluding carboxylic acids is 1. The van der Waals surface area contributed by atoms with Crippen molar-refractivity contribution >= 4 is 11.6 Å². The molecule has 2 rings (SSSR count). The van der Waals surface area contributed by atoms with Gasteiger partial charge >= 0.3 is 0 Å². The van der Waals surface area contributed by atoms with E-state index >= 15 is 0 Å². The standard InChI is InChI=1S/C13H17FN2O2/c1-18-8-13(12(15)17,9-6-7-9)16-11-5-3-2-4-10(11)14/h2-5,9,16H,6-8H2,1H3,(H2,15,17). The molecule has 1 aliphatic carbocycles. The van der Waals surface area contributed by atoms with Gasteiger partial charge in [-0.25, -0.2) is 4.39 Å². The number of benzene rings is 1. The van der Waals surface area contributed by atoms with Gasteiger partial charge in [-0.1, -0.05) is 12.1 Å². The quantitative estimate of drug-likeness (QED) is 0.806. The molecule has 3 N–H and O–H groups in total. The Morgan fingerprint density at radius 3 is 2.72 bits per heavy atom. The van der Waals surface area contributed by atoms with Crippen molar-refractivity contribution in [2.24, 2.45) is 11.7 Å². The summed E-state index contributed by atoms with van der Waals surface area (Å²) >= 11 is 0. The van der Waals surface area contributed by atoms with Crippen LogP contribution in [-0.2, 0) is 9.53 Å². The first-order chi connectivity index (χ1) is 8.60. The maximum Gasteiger partial charge on any atom is 0.245 e. The van der Waals surface area contributed by atoms with E-state index in [0.29, 0.717) is 0 Å². The number of anilines is 1. The van der Waals surface area contributed by atoms with Gasteiger partial charge in [-0.15, -0.1) is 0 Å². The number of methoxy groups -OCH3 is 1. The second-order valence-electron chi connectivity index (χ2n) is 4.65. The number of amides is 1. The van der Waals surface area contributed by atoms with Crippen LogP contribution in [-0.4, -0.2) is 25.2 Å². The number of ether oxygens (including phenoxy) is 1. The van der Waals surface area contributed by atoms with Crippen LogP contribution in [0.4, 0.5) is 10.1 Å². The zero-order valence-corrected chi connectivity index (χ0v) is 10.3. The van der Waals surface area contributed by atoms with E-state index in [0.717, 1.165) is 12.8 Å². The molecule has 0 bridgehead atoms. The number of rotatable bonds is 6. The number of primary amides is 1. The van der Waals surface area contributed by atoms with Crippen LogP contribution in [0.25, 0.3) is 0 Å². The normalized spacial score (nSPS) is 18.1. The van der Waals surface area contributed by atoms with E-state index in [9.17, 15) is 9.18 Å². The largest absolute Gasteiger partial charge is 0.382 e. The summed E-state index contributed by atoms with van der Waals surface area (Å²) in [7, 11) is 1.50. The van der Waals surface area contributed by atoms with E-state index < -0.39 is 17.3 Å².